The van der Waals surface area contributed by atoms with Crippen LogP contribution in [0.15, 0.2) is 59.8 Å². The molecule has 26 heavy (non-hydrogen) atoms. The van der Waals surface area contributed by atoms with Crippen LogP contribution in [0.2, 0.25) is 0 Å². The Morgan fingerprint density at radius 3 is 2.46 bits per heavy atom. The van der Waals surface area contributed by atoms with Crippen molar-refractivity contribution >= 4 is 23.4 Å². The zero-order valence-electron chi connectivity index (χ0n) is 15.1. The summed E-state index contributed by atoms with van der Waals surface area (Å²) in [5.74, 6) is 0.771. The summed E-state index contributed by atoms with van der Waals surface area (Å²) < 4.78 is 2.04. The number of aromatic nitrogens is 3. The molecule has 3 rings (SSSR count). The molecule has 0 saturated carbocycles. The first kappa shape index (κ1) is 18.2. The van der Waals surface area contributed by atoms with E-state index in [1.165, 1.54) is 11.8 Å². The van der Waals surface area contributed by atoms with Crippen molar-refractivity contribution in [3.63, 3.8) is 0 Å². The van der Waals surface area contributed by atoms with Crippen molar-refractivity contribution in [3.8, 4) is 11.4 Å². The molecule has 0 aliphatic rings. The number of nitrogens with zero attached hydrogens (tertiary/aromatic N) is 3. The number of nitrogens with one attached hydrogen (secondary N) is 1. The van der Waals surface area contributed by atoms with Gasteiger partial charge in [-0.3, -0.25) is 4.79 Å². The molecule has 0 unspecified atom stereocenters. The fourth-order valence-electron chi connectivity index (χ4n) is 2.55. The molecule has 0 saturated heterocycles. The quantitative estimate of drug-likeness (QED) is 0.657. The van der Waals surface area contributed by atoms with Crippen molar-refractivity contribution in [1.82, 2.24) is 14.8 Å². The van der Waals surface area contributed by atoms with Gasteiger partial charge in [-0.15, -0.1) is 10.2 Å². The van der Waals surface area contributed by atoms with Crippen LogP contribution in [0, 0.1) is 6.92 Å². The molecule has 0 spiro atoms. The number of hydrogen-bond donors (Lipinski definition) is 1. The zero-order valence-corrected chi connectivity index (χ0v) is 16.0. The molecule has 3 aromatic rings. The first-order chi connectivity index (χ1) is 12.6. The minimum absolute atomic E-state index is 0.0502. The maximum atomic E-state index is 12.5. The second-order valence-corrected chi connectivity index (χ2v) is 7.34. The van der Waals surface area contributed by atoms with Crippen LogP contribution in [-0.2, 0) is 11.3 Å². The predicted molar refractivity (Wildman–Crippen MR) is 106 cm³/mol. The molecule has 6 heteroatoms. The largest absolute Gasteiger partial charge is 0.325 e. The second kappa shape index (κ2) is 8.19. The highest BCUT2D eigenvalue weighted by molar-refractivity contribution is 8.00. The molecule has 0 aliphatic carbocycles. The molecule has 1 heterocycles. The van der Waals surface area contributed by atoms with Gasteiger partial charge in [-0.05, 0) is 32.9 Å². The normalized spacial score (nSPS) is 12.0. The lowest BCUT2D eigenvalue weighted by atomic mass is 10.2. The number of aryl methyl sites for hydroxylation is 1. The average molecular weight is 366 g/mol. The van der Waals surface area contributed by atoms with Crippen LogP contribution >= 0.6 is 11.8 Å². The van der Waals surface area contributed by atoms with Gasteiger partial charge in [-0.2, -0.15) is 0 Å². The van der Waals surface area contributed by atoms with Crippen LogP contribution in [0.5, 0.6) is 0 Å². The van der Waals surface area contributed by atoms with Crippen molar-refractivity contribution in [2.24, 2.45) is 0 Å². The van der Waals surface area contributed by atoms with E-state index in [4.69, 9.17) is 0 Å². The number of rotatable bonds is 6. The monoisotopic (exact) mass is 366 g/mol. The van der Waals surface area contributed by atoms with Crippen LogP contribution in [0.3, 0.4) is 0 Å². The highest BCUT2D eigenvalue weighted by atomic mass is 32.2. The van der Waals surface area contributed by atoms with Crippen LogP contribution in [0.4, 0.5) is 5.69 Å². The molecular formula is C20H22N4OS. The fraction of sp³-hybridized carbons (Fsp3) is 0.250. The Morgan fingerprint density at radius 1 is 1.12 bits per heavy atom. The van der Waals surface area contributed by atoms with E-state index >= 15 is 0 Å². The first-order valence-corrected chi connectivity index (χ1v) is 9.49. The highest BCUT2D eigenvalue weighted by Crippen LogP contribution is 2.27. The molecule has 134 valence electrons. The number of hydrogen-bond acceptors (Lipinski definition) is 4. The lowest BCUT2D eigenvalue weighted by Gasteiger charge is -2.13. The predicted octanol–water partition coefficient (Wildman–Crippen LogP) is 4.39. The fourth-order valence-corrected chi connectivity index (χ4v) is 3.47. The molecule has 1 N–H and O–H groups in total. The van der Waals surface area contributed by atoms with Crippen LogP contribution < -0.4 is 5.32 Å². The zero-order chi connectivity index (χ0) is 18.5. The minimum atomic E-state index is -0.283. The number of thioether (sulfide) groups is 1. The van der Waals surface area contributed by atoms with Crippen molar-refractivity contribution in [1.29, 1.82) is 0 Å². The molecule has 2 aromatic carbocycles. The van der Waals surface area contributed by atoms with Gasteiger partial charge < -0.3 is 9.88 Å². The Labute approximate surface area is 157 Å². The summed E-state index contributed by atoms with van der Waals surface area (Å²) in [5.41, 5.74) is 2.98. The topological polar surface area (TPSA) is 59.8 Å². The van der Waals surface area contributed by atoms with E-state index < -0.39 is 0 Å². The first-order valence-electron chi connectivity index (χ1n) is 8.61. The third-order valence-corrected chi connectivity index (χ3v) is 5.12. The molecule has 0 radical (unpaired) electrons. The van der Waals surface area contributed by atoms with Gasteiger partial charge in [0.15, 0.2) is 11.0 Å². The summed E-state index contributed by atoms with van der Waals surface area (Å²) in [5, 5.41) is 12.0. The van der Waals surface area contributed by atoms with E-state index in [0.29, 0.717) is 0 Å². The van der Waals surface area contributed by atoms with E-state index in [2.05, 4.69) is 22.4 Å². The number of carbonyl (C=O) groups excluding carboxylic acids is 1. The van der Waals surface area contributed by atoms with Gasteiger partial charge in [0.1, 0.15) is 0 Å². The van der Waals surface area contributed by atoms with Crippen LogP contribution in [0.1, 0.15) is 19.4 Å². The summed E-state index contributed by atoms with van der Waals surface area (Å²) in [6, 6.07) is 17.7. The molecule has 0 aliphatic heterocycles. The summed E-state index contributed by atoms with van der Waals surface area (Å²) in [6.07, 6.45) is 0. The van der Waals surface area contributed by atoms with Crippen molar-refractivity contribution in [2.45, 2.75) is 37.7 Å². The minimum Gasteiger partial charge on any atom is -0.325 e. The maximum Gasteiger partial charge on any atom is 0.237 e. The summed E-state index contributed by atoms with van der Waals surface area (Å²) >= 11 is 1.42. The van der Waals surface area contributed by atoms with E-state index in [-0.39, 0.29) is 11.2 Å². The van der Waals surface area contributed by atoms with Crippen molar-refractivity contribution in [2.75, 3.05) is 5.32 Å². The Bertz CT molecular complexity index is 875. The smallest absolute Gasteiger partial charge is 0.237 e. The Balaban J connectivity index is 1.73. The third kappa shape index (κ3) is 4.14. The average Bonchev–Trinajstić information content (AvgIpc) is 3.06. The van der Waals surface area contributed by atoms with Gasteiger partial charge in [-0.1, -0.05) is 59.8 Å². The molecular weight excluding hydrogens is 344 g/mol. The number of anilines is 1. The third-order valence-electron chi connectivity index (χ3n) is 4.04. The van der Waals surface area contributed by atoms with Gasteiger partial charge in [-0.25, -0.2) is 0 Å². The molecule has 0 fully saturated rings. The van der Waals surface area contributed by atoms with Crippen LogP contribution in [-0.4, -0.2) is 25.9 Å². The van der Waals surface area contributed by atoms with Crippen molar-refractivity contribution < 1.29 is 4.79 Å². The van der Waals surface area contributed by atoms with E-state index in [1.807, 2.05) is 73.0 Å². The number of carbonyl (C=O) groups is 1. The van der Waals surface area contributed by atoms with E-state index in [0.717, 1.165) is 34.3 Å². The Kier molecular flexibility index (Phi) is 5.73. The van der Waals surface area contributed by atoms with Crippen LogP contribution in [0.25, 0.3) is 11.4 Å². The summed E-state index contributed by atoms with van der Waals surface area (Å²) in [4.78, 5) is 12.5. The molecule has 5 nitrogen and oxygen atoms in total. The van der Waals surface area contributed by atoms with Crippen molar-refractivity contribution in [3.05, 3.63) is 60.2 Å². The maximum absolute atomic E-state index is 12.5. The summed E-state index contributed by atoms with van der Waals surface area (Å²) in [7, 11) is 0. The molecule has 1 amide bonds. The van der Waals surface area contributed by atoms with E-state index in [9.17, 15) is 4.79 Å². The Hall–Kier alpha value is -2.60. The number of benzene rings is 2. The van der Waals surface area contributed by atoms with E-state index in [1.54, 1.807) is 0 Å². The summed E-state index contributed by atoms with van der Waals surface area (Å²) in [6.45, 7) is 6.69. The Morgan fingerprint density at radius 2 is 1.81 bits per heavy atom. The van der Waals surface area contributed by atoms with Gasteiger partial charge in [0.2, 0.25) is 5.91 Å². The second-order valence-electron chi connectivity index (χ2n) is 6.03. The standard InChI is InChI=1S/C20H22N4OS/c1-4-24-18(16-8-6-5-7-9-16)22-23-20(24)26-15(3)19(25)21-17-12-10-14(2)11-13-17/h5-13,15H,4H2,1-3H3,(H,21,25)/t15-/m1/s1. The van der Waals surface area contributed by atoms with Gasteiger partial charge >= 0.3 is 0 Å². The molecule has 0 bridgehead atoms. The van der Waals surface area contributed by atoms with Gasteiger partial charge in [0.25, 0.3) is 0 Å². The van der Waals surface area contributed by atoms with Gasteiger partial charge in [0.05, 0.1) is 5.25 Å². The lowest BCUT2D eigenvalue weighted by molar-refractivity contribution is -0.115. The highest BCUT2D eigenvalue weighted by Gasteiger charge is 2.20. The van der Waals surface area contributed by atoms with Gasteiger partial charge in [0, 0.05) is 17.8 Å². The molecule has 1 atom stereocenters. The lowest BCUT2D eigenvalue weighted by Crippen LogP contribution is -2.22. The SMILES string of the molecule is CCn1c(S[C@H](C)C(=O)Nc2ccc(C)cc2)nnc1-c1ccccc1. The molecule has 1 aromatic heterocycles. The number of amides is 1.